The fraction of sp³-hybridized carbons (Fsp3) is 0.0526. The molecule has 0 aromatic heterocycles. The Kier molecular flexibility index (Phi) is 4.33. The predicted molar refractivity (Wildman–Crippen MR) is 106 cm³/mol. The Balaban J connectivity index is 1.54. The van der Waals surface area contributed by atoms with E-state index >= 15 is 0 Å². The van der Waals surface area contributed by atoms with E-state index in [0.717, 1.165) is 15.3 Å². The molecule has 0 aliphatic carbocycles. The highest BCUT2D eigenvalue weighted by molar-refractivity contribution is 7.93. The average Bonchev–Trinajstić information content (AvgIpc) is 2.87. The molecule has 1 N–H and O–H groups in total. The number of halogens is 1. The Hall–Kier alpha value is -2.90. The van der Waals surface area contributed by atoms with Gasteiger partial charge in [-0.05, 0) is 35.2 Å². The van der Waals surface area contributed by atoms with Crippen LogP contribution in [-0.2, 0) is 14.8 Å². The zero-order chi connectivity index (χ0) is 19.0. The molecule has 1 aliphatic rings. The van der Waals surface area contributed by atoms with Crippen molar-refractivity contribution >= 4 is 50.2 Å². The summed E-state index contributed by atoms with van der Waals surface area (Å²) in [6.07, 6.45) is 1.46. The third-order valence-corrected chi connectivity index (χ3v) is 6.30. The Morgan fingerprint density at radius 3 is 2.52 bits per heavy atom. The maximum Gasteiger partial charge on any atom is 0.265 e. The van der Waals surface area contributed by atoms with E-state index in [2.05, 4.69) is 10.5 Å². The van der Waals surface area contributed by atoms with Gasteiger partial charge in [-0.3, -0.25) is 9.10 Å². The fourth-order valence-corrected chi connectivity index (χ4v) is 4.81. The third kappa shape index (κ3) is 3.15. The molecule has 3 aromatic rings. The van der Waals surface area contributed by atoms with Crippen molar-refractivity contribution in [1.29, 1.82) is 0 Å². The van der Waals surface area contributed by atoms with Gasteiger partial charge in [-0.15, -0.1) is 0 Å². The number of carbonyl (C=O) groups is 1. The van der Waals surface area contributed by atoms with Gasteiger partial charge in [-0.25, -0.2) is 13.8 Å². The van der Waals surface area contributed by atoms with E-state index in [-0.39, 0.29) is 11.4 Å². The summed E-state index contributed by atoms with van der Waals surface area (Å²) in [4.78, 5) is 12.5. The first-order valence-electron chi connectivity index (χ1n) is 8.09. The molecule has 6 nitrogen and oxygen atoms in total. The number of amides is 1. The lowest BCUT2D eigenvalue weighted by atomic mass is 10.1. The minimum atomic E-state index is -3.77. The van der Waals surface area contributed by atoms with Crippen molar-refractivity contribution in [3.8, 4) is 0 Å². The van der Waals surface area contributed by atoms with Crippen molar-refractivity contribution in [3.05, 3.63) is 71.2 Å². The lowest BCUT2D eigenvalue weighted by Crippen LogP contribution is -2.37. The lowest BCUT2D eigenvalue weighted by molar-refractivity contribution is -0.119. The van der Waals surface area contributed by atoms with Crippen LogP contribution in [0.5, 0.6) is 0 Å². The largest absolute Gasteiger partial charge is 0.271 e. The quantitative estimate of drug-likeness (QED) is 0.540. The van der Waals surface area contributed by atoms with Crippen LogP contribution in [0.3, 0.4) is 0 Å². The van der Waals surface area contributed by atoms with Crippen LogP contribution in [0.2, 0.25) is 5.02 Å². The second-order valence-electron chi connectivity index (χ2n) is 5.99. The summed E-state index contributed by atoms with van der Waals surface area (Å²) in [7, 11) is -3.77. The molecule has 0 spiro atoms. The second-order valence-corrected chi connectivity index (χ2v) is 8.25. The summed E-state index contributed by atoms with van der Waals surface area (Å²) in [6, 6.07) is 17.3. The standard InChI is InChI=1S/C19H14ClN3O3S/c20-15-9-7-13(8-10-15)11-21-22-18(24)12-23-16-5-1-3-14-4-2-6-17(19(14)16)27(23,25)26/h1-11H,12H2,(H,22,24)/b21-11-. The SMILES string of the molecule is O=C(CN1c2cccc3cccc(c23)S1(=O)=O)N/N=C\c1ccc(Cl)cc1. The fourth-order valence-electron chi connectivity index (χ4n) is 3.02. The topological polar surface area (TPSA) is 78.8 Å². The number of anilines is 1. The van der Waals surface area contributed by atoms with Crippen LogP contribution in [0.15, 0.2) is 70.7 Å². The molecule has 0 unspecified atom stereocenters. The van der Waals surface area contributed by atoms with Crippen LogP contribution in [-0.4, -0.2) is 27.1 Å². The van der Waals surface area contributed by atoms with Crippen LogP contribution >= 0.6 is 11.6 Å². The number of sulfonamides is 1. The molecule has 0 saturated heterocycles. The van der Waals surface area contributed by atoms with E-state index in [1.807, 2.05) is 12.1 Å². The second kappa shape index (κ2) is 6.68. The summed E-state index contributed by atoms with van der Waals surface area (Å²) in [6.45, 7) is -0.353. The van der Waals surface area contributed by atoms with E-state index in [1.165, 1.54) is 6.21 Å². The summed E-state index contributed by atoms with van der Waals surface area (Å²) in [5, 5.41) is 5.92. The minimum absolute atomic E-state index is 0.216. The highest BCUT2D eigenvalue weighted by atomic mass is 35.5. The van der Waals surface area contributed by atoms with Gasteiger partial charge >= 0.3 is 0 Å². The van der Waals surface area contributed by atoms with Gasteiger partial charge in [0.1, 0.15) is 6.54 Å². The maximum atomic E-state index is 12.8. The van der Waals surface area contributed by atoms with Crippen LogP contribution in [0.4, 0.5) is 5.69 Å². The van der Waals surface area contributed by atoms with Crippen LogP contribution in [0.25, 0.3) is 10.8 Å². The van der Waals surface area contributed by atoms with Gasteiger partial charge in [0.15, 0.2) is 0 Å². The molecule has 0 atom stereocenters. The smallest absolute Gasteiger partial charge is 0.265 e. The first-order valence-corrected chi connectivity index (χ1v) is 9.90. The first-order chi connectivity index (χ1) is 13.0. The summed E-state index contributed by atoms with van der Waals surface area (Å²) in [5.74, 6) is -0.534. The van der Waals surface area contributed by atoms with Crippen molar-refractivity contribution in [2.45, 2.75) is 4.90 Å². The monoisotopic (exact) mass is 399 g/mol. The Labute approximate surface area is 161 Å². The summed E-state index contributed by atoms with van der Waals surface area (Å²) in [5.41, 5.74) is 3.62. The van der Waals surface area contributed by atoms with Crippen molar-refractivity contribution in [2.24, 2.45) is 5.10 Å². The maximum absolute atomic E-state index is 12.8. The summed E-state index contributed by atoms with van der Waals surface area (Å²) < 4.78 is 26.8. The molecule has 27 heavy (non-hydrogen) atoms. The van der Waals surface area contributed by atoms with Crippen LogP contribution < -0.4 is 9.73 Å². The number of hydrogen-bond donors (Lipinski definition) is 1. The van der Waals surface area contributed by atoms with Crippen LogP contribution in [0, 0.1) is 0 Å². The van der Waals surface area contributed by atoms with Gasteiger partial charge in [0.05, 0.1) is 16.8 Å². The number of hydrogen-bond acceptors (Lipinski definition) is 4. The zero-order valence-electron chi connectivity index (χ0n) is 14.0. The molecular formula is C19H14ClN3O3S. The molecule has 1 aliphatic heterocycles. The molecule has 0 fully saturated rings. The highest BCUT2D eigenvalue weighted by Gasteiger charge is 2.36. The molecular weight excluding hydrogens is 386 g/mol. The van der Waals surface area contributed by atoms with Crippen molar-refractivity contribution in [3.63, 3.8) is 0 Å². The van der Waals surface area contributed by atoms with Crippen LogP contribution in [0.1, 0.15) is 5.56 Å². The highest BCUT2D eigenvalue weighted by Crippen LogP contribution is 2.41. The van der Waals surface area contributed by atoms with E-state index in [1.54, 1.807) is 48.5 Å². The van der Waals surface area contributed by atoms with Crippen molar-refractivity contribution < 1.29 is 13.2 Å². The number of hydrazone groups is 1. The minimum Gasteiger partial charge on any atom is -0.271 e. The molecule has 4 rings (SSSR count). The first kappa shape index (κ1) is 17.5. The van der Waals surface area contributed by atoms with Crippen molar-refractivity contribution in [1.82, 2.24) is 5.43 Å². The molecule has 1 heterocycles. The summed E-state index contributed by atoms with van der Waals surface area (Å²) >= 11 is 5.81. The van der Waals surface area contributed by atoms with Gasteiger partial charge in [-0.1, -0.05) is 48.0 Å². The number of nitrogens with one attached hydrogen (secondary N) is 1. The van der Waals surface area contributed by atoms with Gasteiger partial charge in [0.25, 0.3) is 15.9 Å². The molecule has 1 amide bonds. The third-order valence-electron chi connectivity index (χ3n) is 4.24. The number of carbonyl (C=O) groups excluding carboxylic acids is 1. The van der Waals surface area contributed by atoms with Gasteiger partial charge in [0, 0.05) is 10.4 Å². The molecule has 3 aromatic carbocycles. The van der Waals surface area contributed by atoms with Crippen molar-refractivity contribution in [2.75, 3.05) is 10.8 Å². The molecule has 8 heteroatoms. The molecule has 0 radical (unpaired) electrons. The van der Waals surface area contributed by atoms with Gasteiger partial charge in [0.2, 0.25) is 0 Å². The Bertz CT molecular complexity index is 1170. The molecule has 136 valence electrons. The number of nitrogens with zero attached hydrogens (tertiary/aromatic N) is 2. The number of rotatable bonds is 4. The lowest BCUT2D eigenvalue weighted by Gasteiger charge is -2.17. The Morgan fingerprint density at radius 2 is 1.78 bits per heavy atom. The molecule has 0 bridgehead atoms. The average molecular weight is 400 g/mol. The van der Waals surface area contributed by atoms with E-state index in [4.69, 9.17) is 11.6 Å². The van der Waals surface area contributed by atoms with E-state index in [9.17, 15) is 13.2 Å². The normalized spacial score (nSPS) is 14.8. The Morgan fingerprint density at radius 1 is 1.07 bits per heavy atom. The van der Waals surface area contributed by atoms with E-state index < -0.39 is 15.9 Å². The number of benzene rings is 3. The van der Waals surface area contributed by atoms with Gasteiger partial charge < -0.3 is 0 Å². The molecule has 0 saturated carbocycles. The predicted octanol–water partition coefficient (Wildman–Crippen LogP) is 3.15. The van der Waals surface area contributed by atoms with E-state index in [0.29, 0.717) is 16.1 Å². The zero-order valence-corrected chi connectivity index (χ0v) is 15.5. The van der Waals surface area contributed by atoms with Gasteiger partial charge in [-0.2, -0.15) is 5.10 Å².